The summed E-state index contributed by atoms with van der Waals surface area (Å²) >= 11 is 0. The first kappa shape index (κ1) is 47.1. The van der Waals surface area contributed by atoms with Gasteiger partial charge in [0.1, 0.15) is 22.4 Å². The fraction of sp³-hybridized carbons (Fsp3) is 0.0385. The summed E-state index contributed by atoms with van der Waals surface area (Å²) in [5, 5.41) is 7.01. The minimum Gasteiger partial charge on any atom is -0.453 e. The van der Waals surface area contributed by atoms with Crippen LogP contribution in [0.15, 0.2) is 246 Å². The molecule has 0 atom stereocenters. The minimum absolute atomic E-state index is 0.0716. The van der Waals surface area contributed by atoms with Crippen molar-refractivity contribution in [2.45, 2.75) is 19.3 Å². The molecule has 0 radical (unpaired) electrons. The number of para-hydroxylation sites is 6. The Morgan fingerprint density at radius 2 is 0.944 bits per heavy atom. The smallest absolute Gasteiger partial charge is 0.263 e. The van der Waals surface area contributed by atoms with E-state index in [-0.39, 0.29) is 22.1 Å². The van der Waals surface area contributed by atoms with Gasteiger partial charge in [0.2, 0.25) is 0 Å². The summed E-state index contributed by atoms with van der Waals surface area (Å²) in [6.07, 6.45) is 0. The molecule has 6 aliphatic rings. The van der Waals surface area contributed by atoms with Gasteiger partial charge in [-0.05, 0) is 136 Å². The standard InChI is InChI=1S/C78H42N6O6/c1-78(2)50-21-5-6-22-52(50)79-58-38-39(30-35-53(58)81-67-43(31-34-51(78)69(67)79)41-14-3-4-15-45(41)75(81)85)40-16-9-19-48-64(40)47-33-37-63-73-68(47)83(77(48)87)57-36-32-44(74-71(57)84(73)72-61(89-63)28-13-29-62(72)90-74)42-17-10-20-49-65(42)46-18-11-24-55-66(46)82(76(49)86)56-25-12-27-60-70(56)80(55)54-23-7-8-26-59(54)88-60/h3-38H,1-2H3. The van der Waals surface area contributed by atoms with Gasteiger partial charge in [0, 0.05) is 54.1 Å². The van der Waals surface area contributed by atoms with Crippen LogP contribution in [-0.2, 0) is 5.41 Å². The predicted octanol–water partition coefficient (Wildman–Crippen LogP) is 18.2. The molecule has 6 aliphatic heterocycles. The van der Waals surface area contributed by atoms with Gasteiger partial charge in [0.15, 0.2) is 33.5 Å². The van der Waals surface area contributed by atoms with Crippen molar-refractivity contribution >= 4 is 149 Å². The van der Waals surface area contributed by atoms with E-state index in [0.717, 1.165) is 133 Å². The summed E-state index contributed by atoms with van der Waals surface area (Å²) in [5.41, 5.74) is 20.7. The molecule has 22 rings (SSSR count). The van der Waals surface area contributed by atoms with Gasteiger partial charge >= 0.3 is 0 Å². The molecule has 0 bridgehead atoms. The van der Waals surface area contributed by atoms with E-state index in [0.29, 0.717) is 60.8 Å². The number of benzene rings is 12. The lowest BCUT2D eigenvalue weighted by molar-refractivity contribution is 0.629. The van der Waals surface area contributed by atoms with E-state index < -0.39 is 0 Å². The highest BCUT2D eigenvalue weighted by atomic mass is 16.3. The molecule has 12 heteroatoms. The maximum Gasteiger partial charge on any atom is 0.263 e. The summed E-state index contributed by atoms with van der Waals surface area (Å²) in [7, 11) is 0. The highest BCUT2D eigenvalue weighted by Crippen LogP contribution is 2.58. The summed E-state index contributed by atoms with van der Waals surface area (Å²) < 4.78 is 30.8. The first-order valence-corrected chi connectivity index (χ1v) is 30.3. The zero-order chi connectivity index (χ0) is 59.1. The Morgan fingerprint density at radius 3 is 1.82 bits per heavy atom. The number of pyridine rings is 3. The maximum absolute atomic E-state index is 16.2. The molecule has 12 aromatic carbocycles. The second-order valence-corrected chi connectivity index (χ2v) is 24.9. The second kappa shape index (κ2) is 15.7. The van der Waals surface area contributed by atoms with Crippen LogP contribution in [0.5, 0.6) is 0 Å². The topological polar surface area (TPSA) is 117 Å². The Labute approximate surface area is 505 Å². The molecule has 0 saturated carbocycles. The van der Waals surface area contributed by atoms with Crippen LogP contribution in [0, 0.1) is 0 Å². The molecule has 420 valence electrons. The third-order valence-corrected chi connectivity index (χ3v) is 20.3. The Balaban J connectivity index is 0.826. The Bertz CT molecular complexity index is 6910. The van der Waals surface area contributed by atoms with Crippen LogP contribution in [-0.4, -0.2) is 22.5 Å². The molecule has 16 aromatic rings. The van der Waals surface area contributed by atoms with Gasteiger partial charge in [-0.25, -0.2) is 0 Å². The van der Waals surface area contributed by atoms with E-state index >= 15 is 14.4 Å². The molecule has 0 amide bonds. The van der Waals surface area contributed by atoms with E-state index in [1.54, 1.807) is 0 Å². The van der Waals surface area contributed by atoms with E-state index in [1.165, 1.54) is 5.56 Å². The zero-order valence-electron chi connectivity index (χ0n) is 47.9. The van der Waals surface area contributed by atoms with Crippen LogP contribution in [0.4, 0.5) is 17.1 Å². The quantitative estimate of drug-likeness (QED) is 0.125. The van der Waals surface area contributed by atoms with Crippen molar-refractivity contribution in [1.82, 2.24) is 22.5 Å². The van der Waals surface area contributed by atoms with Crippen molar-refractivity contribution in [2.75, 3.05) is 4.90 Å². The average Bonchev–Trinajstić information content (AvgIpc) is 0.692. The summed E-state index contributed by atoms with van der Waals surface area (Å²) in [4.78, 5) is 49.2. The zero-order valence-corrected chi connectivity index (χ0v) is 47.9. The van der Waals surface area contributed by atoms with Crippen molar-refractivity contribution in [3.63, 3.8) is 0 Å². The molecule has 0 aliphatic carbocycles. The van der Waals surface area contributed by atoms with Gasteiger partial charge in [0.05, 0.1) is 61.4 Å². The molecule has 0 fully saturated rings. The van der Waals surface area contributed by atoms with Crippen LogP contribution in [0.1, 0.15) is 25.0 Å². The second-order valence-electron chi connectivity index (χ2n) is 24.9. The number of anilines is 3. The van der Waals surface area contributed by atoms with Crippen LogP contribution in [0.25, 0.3) is 171 Å². The van der Waals surface area contributed by atoms with E-state index in [1.807, 2.05) is 129 Å². The first-order chi connectivity index (χ1) is 44.2. The van der Waals surface area contributed by atoms with E-state index in [2.05, 4.69) is 131 Å². The molecule has 10 heterocycles. The van der Waals surface area contributed by atoms with Gasteiger partial charge in [-0.2, -0.15) is 0 Å². The van der Waals surface area contributed by atoms with E-state index in [9.17, 15) is 0 Å². The molecule has 0 unspecified atom stereocenters. The van der Waals surface area contributed by atoms with Crippen molar-refractivity contribution in [2.24, 2.45) is 0 Å². The highest BCUT2D eigenvalue weighted by Gasteiger charge is 2.42. The number of aromatic nitrogens is 5. The summed E-state index contributed by atoms with van der Waals surface area (Å²) in [6.45, 7) is 4.55. The molecule has 0 N–H and O–H groups in total. The van der Waals surface area contributed by atoms with Crippen LogP contribution in [0.2, 0.25) is 0 Å². The average molecular weight is 1160 g/mol. The number of nitrogens with zero attached hydrogens (tertiary/aromatic N) is 6. The molecule has 90 heavy (non-hydrogen) atoms. The fourth-order valence-electron chi connectivity index (χ4n) is 16.7. The van der Waals surface area contributed by atoms with Crippen LogP contribution in [0.3, 0.4) is 0 Å². The van der Waals surface area contributed by atoms with Crippen LogP contribution >= 0.6 is 0 Å². The molecule has 0 saturated heterocycles. The summed E-state index contributed by atoms with van der Waals surface area (Å²) in [6, 6.07) is 73.5. The number of rotatable bonds is 2. The molecule has 4 aromatic heterocycles. The van der Waals surface area contributed by atoms with Gasteiger partial charge in [0.25, 0.3) is 16.7 Å². The number of hydrogen-bond donors (Lipinski definition) is 0. The normalized spacial score (nSPS) is 13.9. The Hall–Kier alpha value is -12.2. The SMILES string of the molecule is CC1(C)c2ccccc2N2c3cc(-c4cccc5c(=O)n6c7ccc(-c8cccc9c(=O)n%10c%11cccc%12oc%13ccccc%13n(c%13cccc(c89)c%13%10)-c%12%11)c8oc9cccc%10oc%11ccc(c45)c6c%11n(c9%10)-c87)ccc3-n3c(=O)c4ccccc4c4ccc1c2c43. The van der Waals surface area contributed by atoms with Gasteiger partial charge in [-0.3, -0.25) is 36.9 Å². The third-order valence-electron chi connectivity index (χ3n) is 20.3. The van der Waals surface area contributed by atoms with Gasteiger partial charge in [-0.1, -0.05) is 129 Å². The third kappa shape index (κ3) is 5.31. The van der Waals surface area contributed by atoms with Crippen LogP contribution < -0.4 is 21.6 Å². The lowest BCUT2D eigenvalue weighted by Crippen LogP contribution is -2.35. The lowest BCUT2D eigenvalue weighted by atomic mass is 9.72. The Morgan fingerprint density at radius 1 is 0.322 bits per heavy atom. The fourth-order valence-corrected chi connectivity index (χ4v) is 16.7. The number of fused-ring (bicyclic) bond motifs is 16. The maximum atomic E-state index is 16.2. The van der Waals surface area contributed by atoms with Crippen molar-refractivity contribution < 1.29 is 13.3 Å². The van der Waals surface area contributed by atoms with Crippen molar-refractivity contribution in [3.8, 4) is 39.3 Å². The lowest BCUT2D eigenvalue weighted by Gasteiger charge is -2.45. The van der Waals surface area contributed by atoms with Crippen molar-refractivity contribution in [3.05, 3.63) is 261 Å². The molecular formula is C78H42N6O6. The molecule has 12 nitrogen and oxygen atoms in total. The molecular weight excluding hydrogens is 1120 g/mol. The molecule has 0 spiro atoms. The van der Waals surface area contributed by atoms with Gasteiger partial charge in [-0.15, -0.1) is 0 Å². The Kier molecular flexibility index (Phi) is 8.20. The predicted molar refractivity (Wildman–Crippen MR) is 359 cm³/mol. The minimum atomic E-state index is -0.382. The van der Waals surface area contributed by atoms with E-state index in [4.69, 9.17) is 13.3 Å². The summed E-state index contributed by atoms with van der Waals surface area (Å²) in [5.74, 6) is 0. The monoisotopic (exact) mass is 1160 g/mol. The van der Waals surface area contributed by atoms with Gasteiger partial charge < -0.3 is 18.2 Å². The largest absolute Gasteiger partial charge is 0.453 e. The number of hydrogen-bond acceptors (Lipinski definition) is 7. The van der Waals surface area contributed by atoms with Crippen molar-refractivity contribution in [1.29, 1.82) is 0 Å². The highest BCUT2D eigenvalue weighted by molar-refractivity contribution is 6.24. The first-order valence-electron chi connectivity index (χ1n) is 30.3.